The van der Waals surface area contributed by atoms with Crippen molar-refractivity contribution < 1.29 is 9.18 Å². The second kappa shape index (κ2) is 4.20. The average molecular weight is 392 g/mol. The van der Waals surface area contributed by atoms with Gasteiger partial charge in [0.1, 0.15) is 5.82 Å². The van der Waals surface area contributed by atoms with E-state index in [2.05, 4.69) is 27.6 Å². The number of nitrogens with zero attached hydrogens (tertiary/aromatic N) is 2. The topological polar surface area (TPSA) is 52.0 Å². The van der Waals surface area contributed by atoms with Gasteiger partial charge in [0.25, 0.3) is 5.56 Å². The van der Waals surface area contributed by atoms with E-state index in [0.29, 0.717) is 16.6 Å². The Morgan fingerprint density at radius 1 is 1.10 bits per heavy atom. The lowest BCUT2D eigenvalue weighted by Gasteiger charge is -2.05. The maximum absolute atomic E-state index is 13.3. The van der Waals surface area contributed by atoms with Crippen LogP contribution < -0.4 is 5.56 Å². The average Bonchev–Trinajstić information content (AvgIpc) is 2.72. The van der Waals surface area contributed by atoms with E-state index in [1.54, 1.807) is 18.2 Å². The van der Waals surface area contributed by atoms with Crippen molar-refractivity contribution in [3.8, 4) is 5.69 Å². The first kappa shape index (κ1) is 12.6. The van der Waals surface area contributed by atoms with Gasteiger partial charge in [0.2, 0.25) is 5.78 Å². The van der Waals surface area contributed by atoms with Gasteiger partial charge in [0, 0.05) is 3.57 Å². The molecular formula is C15H6FIN2O2. The Morgan fingerprint density at radius 2 is 1.90 bits per heavy atom. The Hall–Kier alpha value is -2.09. The lowest BCUT2D eigenvalue weighted by molar-refractivity contribution is 0.103. The molecule has 0 saturated heterocycles. The highest BCUT2D eigenvalue weighted by atomic mass is 127. The smallest absolute Gasteiger partial charge is 0.266 e. The van der Waals surface area contributed by atoms with Gasteiger partial charge in [-0.05, 0) is 59.0 Å². The van der Waals surface area contributed by atoms with E-state index in [-0.39, 0.29) is 16.9 Å². The fraction of sp³-hybridized carbons (Fsp3) is 0. The summed E-state index contributed by atoms with van der Waals surface area (Å²) in [6.07, 6.45) is 0. The molecule has 0 amide bonds. The number of ketones is 1. The molecule has 4 rings (SSSR count). The molecule has 0 atom stereocenters. The molecule has 1 aliphatic rings. The van der Waals surface area contributed by atoms with E-state index in [9.17, 15) is 14.0 Å². The van der Waals surface area contributed by atoms with Crippen LogP contribution >= 0.6 is 22.6 Å². The van der Waals surface area contributed by atoms with Gasteiger partial charge in [-0.2, -0.15) is 0 Å². The Labute approximate surface area is 131 Å². The summed E-state index contributed by atoms with van der Waals surface area (Å²) in [6, 6.07) is 9.04. The molecule has 0 spiro atoms. The third-order valence-corrected chi connectivity index (χ3v) is 4.15. The Morgan fingerprint density at radius 3 is 2.71 bits per heavy atom. The molecule has 0 N–H and O–H groups in total. The van der Waals surface area contributed by atoms with Gasteiger partial charge in [-0.3, -0.25) is 14.2 Å². The minimum atomic E-state index is -0.512. The molecule has 4 nitrogen and oxygen atoms in total. The van der Waals surface area contributed by atoms with Gasteiger partial charge in [0.05, 0.1) is 22.2 Å². The van der Waals surface area contributed by atoms with Gasteiger partial charge in [-0.15, -0.1) is 0 Å². The zero-order valence-corrected chi connectivity index (χ0v) is 12.6. The van der Waals surface area contributed by atoms with Gasteiger partial charge in [0.15, 0.2) is 5.82 Å². The number of hydrogen-bond acceptors (Lipinski definition) is 3. The minimum absolute atomic E-state index is 0.0371. The van der Waals surface area contributed by atoms with Crippen LogP contribution in [-0.4, -0.2) is 15.3 Å². The van der Waals surface area contributed by atoms with E-state index in [1.807, 2.05) is 0 Å². The van der Waals surface area contributed by atoms with Crippen molar-refractivity contribution in [3.63, 3.8) is 0 Å². The summed E-state index contributed by atoms with van der Waals surface area (Å²) >= 11 is 2.11. The molecule has 0 fully saturated rings. The molecule has 0 bridgehead atoms. The van der Waals surface area contributed by atoms with Gasteiger partial charge >= 0.3 is 0 Å². The van der Waals surface area contributed by atoms with Crippen LogP contribution in [0.25, 0.3) is 16.6 Å². The summed E-state index contributed by atoms with van der Waals surface area (Å²) in [5.74, 6) is -0.903. The van der Waals surface area contributed by atoms with E-state index >= 15 is 0 Å². The molecule has 2 aromatic carbocycles. The molecule has 0 aliphatic carbocycles. The molecule has 2 heterocycles. The largest absolute Gasteiger partial charge is 0.285 e. The molecule has 6 heteroatoms. The summed E-state index contributed by atoms with van der Waals surface area (Å²) in [6.45, 7) is 0. The van der Waals surface area contributed by atoms with Crippen LogP contribution in [0.5, 0.6) is 0 Å². The third kappa shape index (κ3) is 1.68. The Kier molecular flexibility index (Phi) is 2.53. The number of aromatic nitrogens is 2. The molecule has 1 aliphatic heterocycles. The van der Waals surface area contributed by atoms with Gasteiger partial charge in [-0.1, -0.05) is 0 Å². The van der Waals surface area contributed by atoms with Crippen molar-refractivity contribution in [2.45, 2.75) is 0 Å². The van der Waals surface area contributed by atoms with E-state index in [0.717, 1.165) is 9.64 Å². The Balaban J connectivity index is 2.17. The number of halogens is 2. The SMILES string of the molecule is O=C1c2cc(F)ccc2-n2c1nc1cc(I)ccc1c2=O. The van der Waals surface area contributed by atoms with E-state index in [4.69, 9.17) is 0 Å². The van der Waals surface area contributed by atoms with Crippen LogP contribution in [0.2, 0.25) is 0 Å². The zero-order chi connectivity index (χ0) is 14.7. The first-order valence-corrected chi connectivity index (χ1v) is 7.21. The molecular weight excluding hydrogens is 386 g/mol. The number of benzene rings is 2. The summed E-state index contributed by atoms with van der Waals surface area (Å²) in [7, 11) is 0. The highest BCUT2D eigenvalue weighted by molar-refractivity contribution is 14.1. The van der Waals surface area contributed by atoms with Crippen LogP contribution in [0.3, 0.4) is 0 Å². The summed E-state index contributed by atoms with van der Waals surface area (Å²) in [5.41, 5.74) is 0.712. The third-order valence-electron chi connectivity index (χ3n) is 3.48. The van der Waals surface area contributed by atoms with Crippen molar-refractivity contribution in [3.05, 3.63) is 67.5 Å². The minimum Gasteiger partial charge on any atom is -0.285 e. The first-order chi connectivity index (χ1) is 10.1. The quantitative estimate of drug-likeness (QED) is 0.433. The standard InChI is InChI=1S/C15H6FIN2O2/c16-7-1-4-12-10(5-7)13(20)14-18-11-6-8(17)2-3-9(11)15(21)19(12)14/h1-6H. The predicted octanol–water partition coefficient (Wildman–Crippen LogP) is 2.67. The maximum atomic E-state index is 13.3. The zero-order valence-electron chi connectivity index (χ0n) is 10.4. The van der Waals surface area contributed by atoms with Crippen molar-refractivity contribution >= 4 is 39.3 Å². The molecule has 21 heavy (non-hydrogen) atoms. The van der Waals surface area contributed by atoms with Crippen LogP contribution in [-0.2, 0) is 0 Å². The predicted molar refractivity (Wildman–Crippen MR) is 83.4 cm³/mol. The lowest BCUT2D eigenvalue weighted by atomic mass is 10.1. The molecule has 1 aromatic heterocycles. The maximum Gasteiger partial charge on any atom is 0.266 e. The number of carbonyl (C=O) groups excluding carboxylic acids is 1. The molecule has 0 saturated carbocycles. The highest BCUT2D eigenvalue weighted by Gasteiger charge is 2.30. The summed E-state index contributed by atoms with van der Waals surface area (Å²) in [4.78, 5) is 29.2. The van der Waals surface area contributed by atoms with Crippen LogP contribution in [0, 0.1) is 9.39 Å². The number of rotatable bonds is 0. The summed E-state index contributed by atoms with van der Waals surface area (Å²) < 4.78 is 15.5. The number of fused-ring (bicyclic) bond motifs is 4. The van der Waals surface area contributed by atoms with E-state index < -0.39 is 11.6 Å². The van der Waals surface area contributed by atoms with Gasteiger partial charge < -0.3 is 0 Å². The normalized spacial score (nSPS) is 12.6. The van der Waals surface area contributed by atoms with Crippen molar-refractivity contribution in [1.82, 2.24) is 9.55 Å². The van der Waals surface area contributed by atoms with E-state index in [1.165, 1.54) is 16.7 Å². The number of hydrogen-bond donors (Lipinski definition) is 0. The lowest BCUT2D eigenvalue weighted by Crippen LogP contribution is -2.21. The van der Waals surface area contributed by atoms with Gasteiger partial charge in [-0.25, -0.2) is 9.37 Å². The molecule has 102 valence electrons. The molecule has 3 aromatic rings. The second-order valence-corrected chi connectivity index (χ2v) is 5.97. The summed E-state index contributed by atoms with van der Waals surface area (Å²) in [5, 5.41) is 0.434. The van der Waals surface area contributed by atoms with Crippen LogP contribution in [0.15, 0.2) is 41.2 Å². The second-order valence-electron chi connectivity index (χ2n) is 4.73. The number of carbonyl (C=O) groups is 1. The monoisotopic (exact) mass is 392 g/mol. The first-order valence-electron chi connectivity index (χ1n) is 6.13. The van der Waals surface area contributed by atoms with Crippen molar-refractivity contribution in [2.75, 3.05) is 0 Å². The fourth-order valence-corrected chi connectivity index (χ4v) is 3.02. The van der Waals surface area contributed by atoms with Crippen LogP contribution in [0.4, 0.5) is 4.39 Å². The Bertz CT molecular complexity index is 1010. The van der Waals surface area contributed by atoms with Crippen molar-refractivity contribution in [2.24, 2.45) is 0 Å². The van der Waals surface area contributed by atoms with Crippen molar-refractivity contribution in [1.29, 1.82) is 0 Å². The molecule has 0 radical (unpaired) electrons. The molecule has 0 unspecified atom stereocenters. The highest BCUT2D eigenvalue weighted by Crippen LogP contribution is 2.27. The van der Waals surface area contributed by atoms with Crippen LogP contribution in [0.1, 0.15) is 16.2 Å². The fourth-order valence-electron chi connectivity index (χ4n) is 2.54.